The molecule has 1 aliphatic heterocycles. The van der Waals surface area contributed by atoms with E-state index >= 15 is 0 Å². The summed E-state index contributed by atoms with van der Waals surface area (Å²) >= 11 is 0. The molecule has 0 radical (unpaired) electrons. The first-order valence-electron chi connectivity index (χ1n) is 6.94. The highest BCUT2D eigenvalue weighted by molar-refractivity contribution is 6.40. The van der Waals surface area contributed by atoms with Gasteiger partial charge in [0.2, 0.25) is 0 Å². The molecule has 20 heavy (non-hydrogen) atoms. The summed E-state index contributed by atoms with van der Waals surface area (Å²) in [5.74, 6) is -0.893. The summed E-state index contributed by atoms with van der Waals surface area (Å²) in [4.78, 5) is 27.6. The van der Waals surface area contributed by atoms with Gasteiger partial charge >= 0.3 is 11.8 Å². The molecule has 1 aliphatic rings. The van der Waals surface area contributed by atoms with Crippen LogP contribution in [-0.2, 0) is 9.59 Å². The molecule has 2 amide bonds. The number of amides is 2. The van der Waals surface area contributed by atoms with E-state index in [0.29, 0.717) is 13.1 Å². The average Bonchev–Trinajstić information content (AvgIpc) is 2.74. The summed E-state index contributed by atoms with van der Waals surface area (Å²) in [7, 11) is 1.64. The van der Waals surface area contributed by atoms with Crippen LogP contribution in [0.1, 0.15) is 12.0 Å². The summed E-state index contributed by atoms with van der Waals surface area (Å²) in [6, 6.07) is 7.58. The molecule has 0 atom stereocenters. The molecule has 5 heteroatoms. The first kappa shape index (κ1) is 14.5. The van der Waals surface area contributed by atoms with E-state index in [0.717, 1.165) is 30.8 Å². The maximum absolute atomic E-state index is 12.3. The highest BCUT2D eigenvalue weighted by atomic mass is 16.2. The summed E-state index contributed by atoms with van der Waals surface area (Å²) in [5, 5.41) is 3.22. The number of hydrogen-bond donors (Lipinski definition) is 1. The van der Waals surface area contributed by atoms with Crippen molar-refractivity contribution in [2.24, 2.45) is 0 Å². The van der Waals surface area contributed by atoms with Crippen LogP contribution in [0, 0.1) is 6.92 Å². The monoisotopic (exact) mass is 275 g/mol. The Morgan fingerprint density at radius 3 is 2.80 bits per heavy atom. The number of carbonyl (C=O) groups excluding carboxylic acids is 2. The topological polar surface area (TPSA) is 52.7 Å². The predicted molar refractivity (Wildman–Crippen MR) is 78.7 cm³/mol. The third kappa shape index (κ3) is 3.36. The first-order valence-corrected chi connectivity index (χ1v) is 6.94. The molecule has 1 heterocycles. The molecular formula is C15H21N3O2. The van der Waals surface area contributed by atoms with Crippen molar-refractivity contribution in [3.05, 3.63) is 29.8 Å². The number of anilines is 1. The molecule has 0 aliphatic carbocycles. The number of likely N-dealkylation sites (N-methyl/N-ethyl adjacent to an activating group) is 1. The minimum Gasteiger partial charge on any atom is -0.333 e. The Labute approximate surface area is 119 Å². The largest absolute Gasteiger partial charge is 0.333 e. The van der Waals surface area contributed by atoms with Gasteiger partial charge in [-0.2, -0.15) is 0 Å². The summed E-state index contributed by atoms with van der Waals surface area (Å²) in [6.07, 6.45) is 0.882. The lowest BCUT2D eigenvalue weighted by Crippen LogP contribution is -2.45. The van der Waals surface area contributed by atoms with Gasteiger partial charge < -0.3 is 15.1 Å². The Bertz CT molecular complexity index is 494. The third-order valence-electron chi connectivity index (χ3n) is 3.50. The Balaban J connectivity index is 2.07. The van der Waals surface area contributed by atoms with E-state index in [4.69, 9.17) is 0 Å². The molecule has 108 valence electrons. The van der Waals surface area contributed by atoms with E-state index in [2.05, 4.69) is 5.32 Å². The van der Waals surface area contributed by atoms with E-state index in [9.17, 15) is 9.59 Å². The van der Waals surface area contributed by atoms with Gasteiger partial charge in [-0.3, -0.25) is 9.59 Å². The van der Waals surface area contributed by atoms with Crippen LogP contribution in [0.4, 0.5) is 5.69 Å². The zero-order chi connectivity index (χ0) is 14.5. The van der Waals surface area contributed by atoms with Gasteiger partial charge in [-0.15, -0.1) is 0 Å². The molecule has 0 bridgehead atoms. The van der Waals surface area contributed by atoms with Crippen LogP contribution < -0.4 is 10.2 Å². The molecule has 1 saturated heterocycles. The van der Waals surface area contributed by atoms with Crippen molar-refractivity contribution in [2.45, 2.75) is 13.3 Å². The van der Waals surface area contributed by atoms with Gasteiger partial charge in [0.05, 0.1) is 0 Å². The zero-order valence-electron chi connectivity index (χ0n) is 12.1. The SMILES string of the molecule is Cc1cccc(N(C)C(=O)C(=O)N2CCCNCC2)c1. The van der Waals surface area contributed by atoms with Crippen LogP contribution in [0.15, 0.2) is 24.3 Å². The highest BCUT2D eigenvalue weighted by Crippen LogP contribution is 2.15. The van der Waals surface area contributed by atoms with Crippen molar-refractivity contribution >= 4 is 17.5 Å². The van der Waals surface area contributed by atoms with Crippen molar-refractivity contribution in [3.8, 4) is 0 Å². The van der Waals surface area contributed by atoms with Crippen LogP contribution in [0.2, 0.25) is 0 Å². The fraction of sp³-hybridized carbons (Fsp3) is 0.467. The molecule has 0 spiro atoms. The van der Waals surface area contributed by atoms with Gasteiger partial charge in [-0.25, -0.2) is 0 Å². The standard InChI is InChI=1S/C15H21N3O2/c1-12-5-3-6-13(11-12)17(2)14(19)15(20)18-9-4-7-16-8-10-18/h3,5-6,11,16H,4,7-10H2,1-2H3. The Hall–Kier alpha value is -1.88. The van der Waals surface area contributed by atoms with Crippen LogP contribution in [0.3, 0.4) is 0 Å². The zero-order valence-corrected chi connectivity index (χ0v) is 12.1. The summed E-state index contributed by atoms with van der Waals surface area (Å²) in [5.41, 5.74) is 1.81. The fourth-order valence-corrected chi connectivity index (χ4v) is 2.28. The van der Waals surface area contributed by atoms with E-state index in [1.165, 1.54) is 4.90 Å². The van der Waals surface area contributed by atoms with E-state index in [-0.39, 0.29) is 0 Å². The lowest BCUT2D eigenvalue weighted by Gasteiger charge is -2.23. The molecule has 1 N–H and O–H groups in total. The maximum atomic E-state index is 12.3. The highest BCUT2D eigenvalue weighted by Gasteiger charge is 2.26. The molecule has 1 aromatic rings. The average molecular weight is 275 g/mol. The smallest absolute Gasteiger partial charge is 0.316 e. The van der Waals surface area contributed by atoms with E-state index in [1.807, 2.05) is 31.2 Å². The molecule has 5 nitrogen and oxygen atoms in total. The molecule has 0 saturated carbocycles. The second-order valence-corrected chi connectivity index (χ2v) is 5.10. The number of carbonyl (C=O) groups is 2. The fourth-order valence-electron chi connectivity index (χ4n) is 2.28. The van der Waals surface area contributed by atoms with Gasteiger partial charge in [-0.1, -0.05) is 12.1 Å². The van der Waals surface area contributed by atoms with Gasteiger partial charge in [0.15, 0.2) is 0 Å². The van der Waals surface area contributed by atoms with Gasteiger partial charge in [0, 0.05) is 32.4 Å². The van der Waals surface area contributed by atoms with Crippen LogP contribution in [0.25, 0.3) is 0 Å². The number of benzene rings is 1. The van der Waals surface area contributed by atoms with Gasteiger partial charge in [0.25, 0.3) is 0 Å². The lowest BCUT2D eigenvalue weighted by molar-refractivity contribution is -0.144. The molecule has 1 fully saturated rings. The third-order valence-corrected chi connectivity index (χ3v) is 3.50. The number of rotatable bonds is 1. The van der Waals surface area contributed by atoms with E-state index in [1.54, 1.807) is 11.9 Å². The number of nitrogens with one attached hydrogen (secondary N) is 1. The van der Waals surface area contributed by atoms with E-state index < -0.39 is 11.8 Å². The number of nitrogens with zero attached hydrogens (tertiary/aromatic N) is 2. The molecule has 1 aromatic carbocycles. The molecular weight excluding hydrogens is 254 g/mol. The van der Waals surface area contributed by atoms with Crippen LogP contribution >= 0.6 is 0 Å². The first-order chi connectivity index (χ1) is 9.59. The van der Waals surface area contributed by atoms with Crippen LogP contribution in [0.5, 0.6) is 0 Å². The minimum absolute atomic E-state index is 0.419. The second kappa shape index (κ2) is 6.52. The lowest BCUT2D eigenvalue weighted by atomic mass is 10.2. The van der Waals surface area contributed by atoms with Crippen molar-refractivity contribution in [1.82, 2.24) is 10.2 Å². The normalized spacial score (nSPS) is 15.6. The van der Waals surface area contributed by atoms with Gasteiger partial charge in [-0.05, 0) is 37.6 Å². The molecule has 2 rings (SSSR count). The number of hydrogen-bond acceptors (Lipinski definition) is 3. The Morgan fingerprint density at radius 2 is 2.05 bits per heavy atom. The predicted octanol–water partition coefficient (Wildman–Crippen LogP) is 0.780. The van der Waals surface area contributed by atoms with Crippen LogP contribution in [-0.4, -0.2) is 49.9 Å². The van der Waals surface area contributed by atoms with Gasteiger partial charge in [0.1, 0.15) is 0 Å². The second-order valence-electron chi connectivity index (χ2n) is 5.10. The van der Waals surface area contributed by atoms with Crippen molar-refractivity contribution < 1.29 is 9.59 Å². The molecule has 0 unspecified atom stereocenters. The number of aryl methyl sites for hydroxylation is 1. The quantitative estimate of drug-likeness (QED) is 0.771. The maximum Gasteiger partial charge on any atom is 0.316 e. The Kier molecular flexibility index (Phi) is 4.74. The van der Waals surface area contributed by atoms with Crippen molar-refractivity contribution in [1.29, 1.82) is 0 Å². The minimum atomic E-state index is -0.475. The summed E-state index contributed by atoms with van der Waals surface area (Å²) in [6.45, 7) is 4.83. The van der Waals surface area contributed by atoms with Crippen molar-refractivity contribution in [3.63, 3.8) is 0 Å². The summed E-state index contributed by atoms with van der Waals surface area (Å²) < 4.78 is 0. The molecule has 0 aromatic heterocycles. The van der Waals surface area contributed by atoms with Crippen molar-refractivity contribution in [2.75, 3.05) is 38.1 Å². The Morgan fingerprint density at radius 1 is 1.25 bits per heavy atom.